The van der Waals surface area contributed by atoms with Crippen molar-refractivity contribution >= 4 is 23.4 Å². The Labute approximate surface area is 143 Å². The minimum atomic E-state index is -0.0469. The van der Waals surface area contributed by atoms with Crippen molar-refractivity contribution < 1.29 is 14.3 Å². The number of ether oxygens (including phenoxy) is 1. The van der Waals surface area contributed by atoms with Crippen molar-refractivity contribution in [3.05, 3.63) is 47.3 Å². The van der Waals surface area contributed by atoms with E-state index in [9.17, 15) is 9.59 Å². The van der Waals surface area contributed by atoms with Crippen LogP contribution in [0.5, 0.6) is 11.6 Å². The summed E-state index contributed by atoms with van der Waals surface area (Å²) >= 11 is 0. The van der Waals surface area contributed by atoms with Gasteiger partial charge in [-0.1, -0.05) is 6.07 Å². The largest absolute Gasteiger partial charge is 0.437 e. The van der Waals surface area contributed by atoms with Gasteiger partial charge in [-0.25, -0.2) is 9.97 Å². The number of hydrogen-bond acceptors (Lipinski definition) is 5. The third kappa shape index (κ3) is 2.84. The van der Waals surface area contributed by atoms with E-state index in [2.05, 4.69) is 20.3 Å². The maximum atomic E-state index is 11.4. The van der Waals surface area contributed by atoms with Gasteiger partial charge < -0.3 is 15.0 Å². The molecule has 0 bridgehead atoms. The predicted molar refractivity (Wildman–Crippen MR) is 90.7 cm³/mol. The van der Waals surface area contributed by atoms with Crippen LogP contribution in [0.1, 0.15) is 40.9 Å². The van der Waals surface area contributed by atoms with Crippen LogP contribution >= 0.6 is 0 Å². The summed E-state index contributed by atoms with van der Waals surface area (Å²) in [6, 6.07) is 5.81. The highest BCUT2D eigenvalue weighted by Crippen LogP contribution is 2.34. The van der Waals surface area contributed by atoms with Crippen molar-refractivity contribution in [1.29, 1.82) is 0 Å². The highest BCUT2D eigenvalue weighted by molar-refractivity contribution is 5.93. The van der Waals surface area contributed by atoms with Gasteiger partial charge in [0.25, 0.3) is 0 Å². The summed E-state index contributed by atoms with van der Waals surface area (Å²) < 4.78 is 5.82. The van der Waals surface area contributed by atoms with Crippen molar-refractivity contribution in [3.63, 3.8) is 0 Å². The normalized spacial score (nSPS) is 15.8. The Hall–Kier alpha value is -3.22. The molecule has 126 valence electrons. The summed E-state index contributed by atoms with van der Waals surface area (Å²) in [6.45, 7) is 1.52. The highest BCUT2D eigenvalue weighted by Gasteiger charge is 2.23. The second-order valence-corrected chi connectivity index (χ2v) is 6.02. The van der Waals surface area contributed by atoms with E-state index in [-0.39, 0.29) is 11.9 Å². The molecule has 1 aliphatic carbocycles. The molecule has 0 saturated heterocycles. The number of aryl methyl sites for hydroxylation is 1. The lowest BCUT2D eigenvalue weighted by Gasteiger charge is -2.13. The zero-order valence-corrected chi connectivity index (χ0v) is 13.6. The summed E-state index contributed by atoms with van der Waals surface area (Å²) in [5.41, 5.74) is 3.73. The fourth-order valence-electron chi connectivity index (χ4n) is 3.19. The van der Waals surface area contributed by atoms with Crippen LogP contribution in [-0.4, -0.2) is 27.1 Å². The van der Waals surface area contributed by atoms with Gasteiger partial charge in [-0.05, 0) is 36.1 Å². The fourth-order valence-corrected chi connectivity index (χ4v) is 3.19. The van der Waals surface area contributed by atoms with Crippen LogP contribution in [0.2, 0.25) is 0 Å². The molecule has 2 N–H and O–H groups in total. The predicted octanol–water partition coefficient (Wildman–Crippen LogP) is 2.69. The smallest absolute Gasteiger partial charge is 0.238 e. The molecule has 2 heterocycles. The average molecular weight is 336 g/mol. The molecule has 1 aliphatic rings. The maximum absolute atomic E-state index is 11.4. The van der Waals surface area contributed by atoms with Gasteiger partial charge >= 0.3 is 0 Å². The molecule has 7 nitrogen and oxygen atoms in total. The van der Waals surface area contributed by atoms with Gasteiger partial charge in [-0.2, -0.15) is 0 Å². The molecule has 0 unspecified atom stereocenters. The first-order valence-corrected chi connectivity index (χ1v) is 8.01. The van der Waals surface area contributed by atoms with Crippen molar-refractivity contribution in [2.75, 3.05) is 0 Å². The topological polar surface area (TPSA) is 97.0 Å². The first-order chi connectivity index (χ1) is 12.1. The number of carbonyl (C=O) groups is 2. The molecule has 1 amide bonds. The number of benzene rings is 1. The first kappa shape index (κ1) is 15.3. The number of H-pyrrole nitrogens is 1. The van der Waals surface area contributed by atoms with E-state index < -0.39 is 0 Å². The molecule has 1 aromatic carbocycles. The van der Waals surface area contributed by atoms with Gasteiger partial charge in [0.15, 0.2) is 11.9 Å². The van der Waals surface area contributed by atoms with E-state index in [0.717, 1.165) is 24.7 Å². The number of fused-ring (bicyclic) bond motifs is 2. The molecule has 0 saturated carbocycles. The van der Waals surface area contributed by atoms with Crippen LogP contribution in [0.25, 0.3) is 11.2 Å². The fraction of sp³-hybridized carbons (Fsp3) is 0.222. The van der Waals surface area contributed by atoms with Crippen molar-refractivity contribution in [1.82, 2.24) is 20.3 Å². The number of nitrogens with one attached hydrogen (secondary N) is 2. The maximum Gasteiger partial charge on any atom is 0.238 e. The Morgan fingerprint density at radius 3 is 3.12 bits per heavy atom. The molecule has 0 fully saturated rings. The van der Waals surface area contributed by atoms with Gasteiger partial charge in [0, 0.05) is 13.1 Å². The summed E-state index contributed by atoms with van der Waals surface area (Å²) in [6.07, 6.45) is 5.61. The molecule has 4 rings (SSSR count). The molecule has 3 aromatic rings. The number of carbonyl (C=O) groups excluding carboxylic acids is 2. The lowest BCUT2D eigenvalue weighted by atomic mass is 10.1. The van der Waals surface area contributed by atoms with Crippen LogP contribution in [0.15, 0.2) is 30.6 Å². The number of amides is 1. The van der Waals surface area contributed by atoms with E-state index >= 15 is 0 Å². The third-order valence-electron chi connectivity index (χ3n) is 4.31. The molecule has 0 spiro atoms. The molecular weight excluding hydrogens is 320 g/mol. The highest BCUT2D eigenvalue weighted by atomic mass is 16.5. The van der Waals surface area contributed by atoms with Gasteiger partial charge in [0.2, 0.25) is 11.8 Å². The molecule has 7 heteroatoms. The minimum absolute atomic E-state index is 0.0101. The van der Waals surface area contributed by atoms with E-state index in [0.29, 0.717) is 28.4 Å². The van der Waals surface area contributed by atoms with E-state index in [1.54, 1.807) is 6.20 Å². The summed E-state index contributed by atoms with van der Waals surface area (Å²) in [5.74, 6) is 0.881. The Kier molecular flexibility index (Phi) is 3.68. The van der Waals surface area contributed by atoms with Crippen molar-refractivity contribution in [2.24, 2.45) is 0 Å². The zero-order valence-electron chi connectivity index (χ0n) is 13.6. The SMILES string of the molecule is CC(=O)N[C@H]1CCc2ccc(Oc3cnc4[nH]cc(C=O)c4n3)cc21. The number of rotatable bonds is 4. The lowest BCUT2D eigenvalue weighted by molar-refractivity contribution is -0.119. The number of nitrogens with zero attached hydrogens (tertiary/aromatic N) is 2. The molecular formula is C18H16N4O3. The molecule has 1 atom stereocenters. The second kappa shape index (κ2) is 6.01. The Bertz CT molecular complexity index is 980. The first-order valence-electron chi connectivity index (χ1n) is 8.01. The number of hydrogen-bond donors (Lipinski definition) is 2. The second-order valence-electron chi connectivity index (χ2n) is 6.02. The summed E-state index contributed by atoms with van der Waals surface area (Å²) in [7, 11) is 0. The number of aromatic amines is 1. The Morgan fingerprint density at radius 1 is 1.44 bits per heavy atom. The number of aldehydes is 1. The monoisotopic (exact) mass is 336 g/mol. The zero-order chi connectivity index (χ0) is 17.4. The van der Waals surface area contributed by atoms with Crippen LogP contribution in [0, 0.1) is 0 Å². The van der Waals surface area contributed by atoms with E-state index in [1.165, 1.54) is 18.7 Å². The number of aromatic nitrogens is 3. The van der Waals surface area contributed by atoms with Crippen LogP contribution in [0.4, 0.5) is 0 Å². The summed E-state index contributed by atoms with van der Waals surface area (Å²) in [4.78, 5) is 33.8. The Morgan fingerprint density at radius 2 is 2.32 bits per heavy atom. The van der Waals surface area contributed by atoms with Gasteiger partial charge in [0.05, 0.1) is 17.8 Å². The van der Waals surface area contributed by atoms with Crippen LogP contribution in [0.3, 0.4) is 0 Å². The average Bonchev–Trinajstić information content (AvgIpc) is 3.18. The van der Waals surface area contributed by atoms with Gasteiger partial charge in [0.1, 0.15) is 11.3 Å². The minimum Gasteiger partial charge on any atom is -0.437 e. The van der Waals surface area contributed by atoms with E-state index in [4.69, 9.17) is 4.74 Å². The molecule has 0 aliphatic heterocycles. The Balaban J connectivity index is 1.63. The molecule has 2 aromatic heterocycles. The standard InChI is InChI=1S/C18H16N4O3/c1-10(24)21-15-5-3-11-2-4-13(6-14(11)15)25-16-8-20-18-17(22-16)12(9-23)7-19-18/h2,4,6-9,15H,3,5H2,1H3,(H,19,20)(H,21,24)/t15-/m0/s1. The van der Waals surface area contributed by atoms with Gasteiger partial charge in [-0.3, -0.25) is 9.59 Å². The van der Waals surface area contributed by atoms with Crippen LogP contribution in [-0.2, 0) is 11.2 Å². The third-order valence-corrected chi connectivity index (χ3v) is 4.31. The quantitative estimate of drug-likeness (QED) is 0.714. The van der Waals surface area contributed by atoms with Crippen LogP contribution < -0.4 is 10.1 Å². The van der Waals surface area contributed by atoms with E-state index in [1.807, 2.05) is 18.2 Å². The van der Waals surface area contributed by atoms with Gasteiger partial charge in [-0.15, -0.1) is 0 Å². The molecule has 25 heavy (non-hydrogen) atoms. The lowest BCUT2D eigenvalue weighted by Crippen LogP contribution is -2.24. The summed E-state index contributed by atoms with van der Waals surface area (Å²) in [5, 5.41) is 2.96. The molecule has 0 radical (unpaired) electrons. The van der Waals surface area contributed by atoms with Crippen molar-refractivity contribution in [3.8, 4) is 11.6 Å². The van der Waals surface area contributed by atoms with Crippen molar-refractivity contribution in [2.45, 2.75) is 25.8 Å².